The van der Waals surface area contributed by atoms with Crippen LogP contribution in [0.1, 0.15) is 13.3 Å². The van der Waals surface area contributed by atoms with Crippen molar-refractivity contribution in [1.82, 2.24) is 5.32 Å². The monoisotopic (exact) mass is 286 g/mol. The Bertz CT molecular complexity index is 385. The maximum Gasteiger partial charge on any atom is 0.307 e. The second kappa shape index (κ2) is 10.2. The molecule has 1 aromatic rings. The number of carbonyl (C=O) groups is 2. The van der Waals surface area contributed by atoms with E-state index in [4.69, 9.17) is 4.74 Å². The van der Waals surface area contributed by atoms with Crippen LogP contribution in [0.4, 0.5) is 5.69 Å². The van der Waals surface area contributed by atoms with Gasteiger partial charge in [0, 0.05) is 12.2 Å². The Morgan fingerprint density at radius 1 is 1.21 bits per heavy atom. The molecule has 1 rings (SSSR count). The predicted molar refractivity (Wildman–Crippen MR) is 76.4 cm³/mol. The van der Waals surface area contributed by atoms with Gasteiger partial charge in [-0.15, -0.1) is 12.4 Å². The lowest BCUT2D eigenvalue weighted by Crippen LogP contribution is -2.31. The van der Waals surface area contributed by atoms with Crippen LogP contribution in [0.3, 0.4) is 0 Å². The molecular formula is C13H19ClN2O3. The predicted octanol–water partition coefficient (Wildman–Crippen LogP) is 1.59. The summed E-state index contributed by atoms with van der Waals surface area (Å²) in [5.74, 6) is -0.447. The van der Waals surface area contributed by atoms with Gasteiger partial charge in [-0.2, -0.15) is 0 Å². The highest BCUT2D eigenvalue weighted by Gasteiger charge is 2.04. The lowest BCUT2D eigenvalue weighted by Gasteiger charge is -2.07. The quantitative estimate of drug-likeness (QED) is 0.747. The van der Waals surface area contributed by atoms with Gasteiger partial charge in [0.2, 0.25) is 5.91 Å². The van der Waals surface area contributed by atoms with E-state index in [2.05, 4.69) is 10.6 Å². The molecule has 6 heteroatoms. The average Bonchev–Trinajstić information content (AvgIpc) is 2.38. The van der Waals surface area contributed by atoms with Crippen molar-refractivity contribution in [2.24, 2.45) is 0 Å². The van der Waals surface area contributed by atoms with Crippen LogP contribution < -0.4 is 10.6 Å². The van der Waals surface area contributed by atoms with E-state index in [9.17, 15) is 9.59 Å². The molecule has 0 spiro atoms. The molecule has 0 aliphatic heterocycles. The van der Waals surface area contributed by atoms with Crippen LogP contribution in [0.2, 0.25) is 0 Å². The largest absolute Gasteiger partial charge is 0.466 e. The van der Waals surface area contributed by atoms with Gasteiger partial charge in [0.25, 0.3) is 0 Å². The smallest absolute Gasteiger partial charge is 0.307 e. The van der Waals surface area contributed by atoms with Crippen molar-refractivity contribution < 1.29 is 14.3 Å². The van der Waals surface area contributed by atoms with E-state index in [1.54, 1.807) is 6.92 Å². The first-order chi connectivity index (χ1) is 8.72. The van der Waals surface area contributed by atoms with E-state index in [1.807, 2.05) is 30.3 Å². The third-order valence-corrected chi connectivity index (χ3v) is 2.18. The Kier molecular flexibility index (Phi) is 9.26. The summed E-state index contributed by atoms with van der Waals surface area (Å²) in [5.41, 5.74) is 0.887. The van der Waals surface area contributed by atoms with E-state index in [0.29, 0.717) is 13.2 Å². The molecule has 0 unspecified atom stereocenters. The number of para-hydroxylation sites is 1. The molecule has 0 fully saturated rings. The number of amides is 1. The molecule has 0 aromatic heterocycles. The zero-order chi connectivity index (χ0) is 13.2. The molecule has 0 radical (unpaired) electrons. The molecule has 0 saturated heterocycles. The Morgan fingerprint density at radius 3 is 2.53 bits per heavy atom. The standard InChI is InChI=1S/C13H18N2O3.ClH/c1-2-18-13(17)8-9-14-12(16)10-15-11-6-4-3-5-7-11;/h3-7,15H,2,8-10H2,1H3,(H,14,16);1H. The molecule has 0 atom stereocenters. The molecule has 1 amide bonds. The molecule has 2 N–H and O–H groups in total. The van der Waals surface area contributed by atoms with E-state index >= 15 is 0 Å². The number of hydrogen-bond acceptors (Lipinski definition) is 4. The van der Waals surface area contributed by atoms with Crippen LogP contribution in [0.15, 0.2) is 30.3 Å². The van der Waals surface area contributed by atoms with Gasteiger partial charge in [0.15, 0.2) is 0 Å². The second-order valence-electron chi connectivity index (χ2n) is 3.62. The summed E-state index contributed by atoms with van der Waals surface area (Å²) in [6.07, 6.45) is 0.199. The summed E-state index contributed by atoms with van der Waals surface area (Å²) in [6, 6.07) is 9.45. The van der Waals surface area contributed by atoms with Crippen molar-refractivity contribution in [3.63, 3.8) is 0 Å². The van der Waals surface area contributed by atoms with Crippen molar-refractivity contribution in [3.05, 3.63) is 30.3 Å². The van der Waals surface area contributed by atoms with Crippen molar-refractivity contribution in [1.29, 1.82) is 0 Å². The molecule has 106 valence electrons. The van der Waals surface area contributed by atoms with Crippen LogP contribution in [0.5, 0.6) is 0 Å². The molecule has 0 saturated carbocycles. The number of ether oxygens (including phenoxy) is 1. The maximum absolute atomic E-state index is 11.4. The number of hydrogen-bond donors (Lipinski definition) is 2. The van der Waals surface area contributed by atoms with Gasteiger partial charge >= 0.3 is 5.97 Å². The molecule has 0 heterocycles. The van der Waals surface area contributed by atoms with Crippen LogP contribution >= 0.6 is 12.4 Å². The Hall–Kier alpha value is -1.75. The summed E-state index contributed by atoms with van der Waals surface area (Å²) >= 11 is 0. The molecule has 0 aliphatic rings. The number of rotatable bonds is 7. The summed E-state index contributed by atoms with van der Waals surface area (Å²) < 4.78 is 4.75. The van der Waals surface area contributed by atoms with Gasteiger partial charge in [-0.25, -0.2) is 0 Å². The lowest BCUT2D eigenvalue weighted by atomic mass is 10.3. The molecule has 0 aliphatic carbocycles. The first kappa shape index (κ1) is 17.2. The minimum Gasteiger partial charge on any atom is -0.466 e. The number of halogens is 1. The summed E-state index contributed by atoms with van der Waals surface area (Å²) in [6.45, 7) is 2.60. The van der Waals surface area contributed by atoms with Gasteiger partial charge in [-0.3, -0.25) is 9.59 Å². The first-order valence-corrected chi connectivity index (χ1v) is 5.93. The zero-order valence-corrected chi connectivity index (χ0v) is 11.7. The fourth-order valence-electron chi connectivity index (χ4n) is 1.34. The third kappa shape index (κ3) is 8.05. The zero-order valence-electron chi connectivity index (χ0n) is 10.8. The van der Waals surface area contributed by atoms with Crippen molar-refractivity contribution in [2.75, 3.05) is 25.0 Å². The van der Waals surface area contributed by atoms with Crippen LogP contribution in [0, 0.1) is 0 Å². The van der Waals surface area contributed by atoms with Crippen LogP contribution in [0.25, 0.3) is 0 Å². The number of nitrogens with one attached hydrogen (secondary N) is 2. The van der Waals surface area contributed by atoms with E-state index in [0.717, 1.165) is 5.69 Å². The van der Waals surface area contributed by atoms with Gasteiger partial charge in [0.05, 0.1) is 19.6 Å². The average molecular weight is 287 g/mol. The van der Waals surface area contributed by atoms with Gasteiger partial charge in [-0.05, 0) is 19.1 Å². The first-order valence-electron chi connectivity index (χ1n) is 5.93. The number of carbonyl (C=O) groups excluding carboxylic acids is 2. The van der Waals surface area contributed by atoms with E-state index < -0.39 is 0 Å². The lowest BCUT2D eigenvalue weighted by molar-refractivity contribution is -0.143. The Labute approximate surface area is 119 Å². The number of benzene rings is 1. The highest BCUT2D eigenvalue weighted by atomic mass is 35.5. The molecule has 1 aromatic carbocycles. The van der Waals surface area contributed by atoms with Gasteiger partial charge in [-0.1, -0.05) is 18.2 Å². The molecule has 19 heavy (non-hydrogen) atoms. The van der Waals surface area contributed by atoms with Crippen molar-refractivity contribution in [3.8, 4) is 0 Å². The van der Waals surface area contributed by atoms with E-state index in [-0.39, 0.29) is 37.2 Å². The number of anilines is 1. The summed E-state index contributed by atoms with van der Waals surface area (Å²) in [7, 11) is 0. The topological polar surface area (TPSA) is 67.4 Å². The maximum atomic E-state index is 11.4. The van der Waals surface area contributed by atoms with Crippen molar-refractivity contribution in [2.45, 2.75) is 13.3 Å². The summed E-state index contributed by atoms with van der Waals surface area (Å²) in [5, 5.41) is 5.62. The van der Waals surface area contributed by atoms with Crippen LogP contribution in [-0.4, -0.2) is 31.6 Å². The Morgan fingerprint density at radius 2 is 1.89 bits per heavy atom. The van der Waals surface area contributed by atoms with Crippen LogP contribution in [-0.2, 0) is 14.3 Å². The molecule has 0 bridgehead atoms. The molecular weight excluding hydrogens is 268 g/mol. The Balaban J connectivity index is 0.00000324. The highest BCUT2D eigenvalue weighted by Crippen LogP contribution is 2.03. The fraction of sp³-hybridized carbons (Fsp3) is 0.385. The van der Waals surface area contributed by atoms with E-state index in [1.165, 1.54) is 0 Å². The minimum atomic E-state index is -0.297. The van der Waals surface area contributed by atoms with Gasteiger partial charge in [0.1, 0.15) is 0 Å². The summed E-state index contributed by atoms with van der Waals surface area (Å²) in [4.78, 5) is 22.4. The third-order valence-electron chi connectivity index (χ3n) is 2.18. The second-order valence-corrected chi connectivity index (χ2v) is 3.62. The normalized spacial score (nSPS) is 9.11. The highest BCUT2D eigenvalue weighted by molar-refractivity contribution is 5.85. The fourth-order valence-corrected chi connectivity index (χ4v) is 1.34. The molecule has 5 nitrogen and oxygen atoms in total. The van der Waals surface area contributed by atoms with Crippen molar-refractivity contribution >= 4 is 30.0 Å². The number of esters is 1. The van der Waals surface area contributed by atoms with Gasteiger partial charge < -0.3 is 15.4 Å². The SMILES string of the molecule is CCOC(=O)CCNC(=O)CNc1ccccc1.Cl. The minimum absolute atomic E-state index is 0.